The number of hydrogen-bond donors (Lipinski definition) is 3. The maximum atomic E-state index is 11.9. The molecule has 1 aromatic rings. The van der Waals surface area contributed by atoms with Crippen molar-refractivity contribution in [2.45, 2.75) is 38.7 Å². The molecule has 0 bridgehead atoms. The quantitative estimate of drug-likeness (QED) is 0.736. The summed E-state index contributed by atoms with van der Waals surface area (Å²) >= 11 is 0. The second kappa shape index (κ2) is 4.57. The number of aromatic nitrogens is 1. The summed E-state index contributed by atoms with van der Waals surface area (Å²) in [7, 11) is 0. The van der Waals surface area contributed by atoms with Gasteiger partial charge in [0.05, 0.1) is 5.60 Å². The van der Waals surface area contributed by atoms with Crippen molar-refractivity contribution in [2.75, 3.05) is 6.54 Å². The van der Waals surface area contributed by atoms with E-state index in [9.17, 15) is 14.7 Å². The Morgan fingerprint density at radius 1 is 1.50 bits per heavy atom. The average Bonchev–Trinajstić information content (AvgIpc) is 2.22. The number of aromatic amines is 1. The van der Waals surface area contributed by atoms with E-state index in [0.717, 1.165) is 12.1 Å². The highest BCUT2D eigenvalue weighted by molar-refractivity contribution is 5.95. The van der Waals surface area contributed by atoms with E-state index in [1.54, 1.807) is 19.9 Å². The second-order valence-electron chi connectivity index (χ2n) is 5.10. The summed E-state index contributed by atoms with van der Waals surface area (Å²) in [5.41, 5.74) is 0.344. The minimum atomic E-state index is -0.777. The number of rotatable bonds is 3. The number of H-pyrrole nitrogens is 1. The topological polar surface area (TPSA) is 82.2 Å². The molecule has 0 aliphatic heterocycles. The maximum absolute atomic E-state index is 11.9. The number of amides is 1. The van der Waals surface area contributed by atoms with Crippen molar-refractivity contribution >= 4 is 5.91 Å². The average molecular weight is 250 g/mol. The van der Waals surface area contributed by atoms with Gasteiger partial charge in [0, 0.05) is 12.2 Å². The zero-order valence-electron chi connectivity index (χ0n) is 10.7. The lowest BCUT2D eigenvalue weighted by Gasteiger charge is -2.36. The van der Waals surface area contributed by atoms with E-state index in [1.165, 1.54) is 0 Å². The van der Waals surface area contributed by atoms with Crippen molar-refractivity contribution in [2.24, 2.45) is 0 Å². The lowest BCUT2D eigenvalue weighted by molar-refractivity contribution is -0.0300. The van der Waals surface area contributed by atoms with Crippen LogP contribution in [-0.4, -0.2) is 28.1 Å². The Kier molecular flexibility index (Phi) is 3.26. The molecule has 1 amide bonds. The number of carbonyl (C=O) groups excluding carboxylic acids is 1. The van der Waals surface area contributed by atoms with Crippen LogP contribution < -0.4 is 10.9 Å². The van der Waals surface area contributed by atoms with Crippen LogP contribution in [0.1, 0.15) is 40.9 Å². The molecule has 1 aliphatic carbocycles. The molecule has 98 valence electrons. The number of aryl methyl sites for hydroxylation is 2. The van der Waals surface area contributed by atoms with Gasteiger partial charge in [-0.05, 0) is 44.7 Å². The fourth-order valence-electron chi connectivity index (χ4n) is 2.23. The monoisotopic (exact) mass is 250 g/mol. The standard InChI is InChI=1S/C13H18N2O3/c1-8-6-9(2)15-12(17)10(8)11(16)14-7-13(18)4-3-5-13/h6,18H,3-5,7H2,1-2H3,(H,14,16)(H,15,17). The Balaban J connectivity index is 2.12. The summed E-state index contributed by atoms with van der Waals surface area (Å²) in [6.45, 7) is 3.71. The highest BCUT2D eigenvalue weighted by atomic mass is 16.3. The summed E-state index contributed by atoms with van der Waals surface area (Å²) in [6.07, 6.45) is 2.39. The maximum Gasteiger partial charge on any atom is 0.261 e. The van der Waals surface area contributed by atoms with Crippen molar-refractivity contribution in [1.82, 2.24) is 10.3 Å². The van der Waals surface area contributed by atoms with Gasteiger partial charge in [-0.2, -0.15) is 0 Å². The number of hydrogen-bond acceptors (Lipinski definition) is 3. The van der Waals surface area contributed by atoms with Crippen molar-refractivity contribution < 1.29 is 9.90 Å². The molecule has 0 unspecified atom stereocenters. The van der Waals surface area contributed by atoms with E-state index in [-0.39, 0.29) is 17.7 Å². The van der Waals surface area contributed by atoms with Crippen LogP contribution >= 0.6 is 0 Å². The van der Waals surface area contributed by atoms with Crippen LogP contribution in [-0.2, 0) is 0 Å². The van der Waals surface area contributed by atoms with Crippen LogP contribution in [0, 0.1) is 13.8 Å². The van der Waals surface area contributed by atoms with Crippen LogP contribution in [0.5, 0.6) is 0 Å². The Morgan fingerprint density at radius 3 is 2.67 bits per heavy atom. The largest absolute Gasteiger partial charge is 0.388 e. The summed E-state index contributed by atoms with van der Waals surface area (Å²) in [6, 6.07) is 1.76. The van der Waals surface area contributed by atoms with Crippen LogP contribution in [0.25, 0.3) is 0 Å². The molecule has 0 radical (unpaired) electrons. The van der Waals surface area contributed by atoms with E-state index in [4.69, 9.17) is 0 Å². The van der Waals surface area contributed by atoms with Gasteiger partial charge in [-0.25, -0.2) is 0 Å². The molecule has 5 heteroatoms. The summed E-state index contributed by atoms with van der Waals surface area (Å²) in [4.78, 5) is 26.3. The second-order valence-corrected chi connectivity index (χ2v) is 5.10. The summed E-state index contributed by atoms with van der Waals surface area (Å²) in [5.74, 6) is -0.422. The molecule has 5 nitrogen and oxygen atoms in total. The van der Waals surface area contributed by atoms with E-state index in [1.807, 2.05) is 0 Å². The van der Waals surface area contributed by atoms with Crippen molar-refractivity contribution in [3.05, 3.63) is 33.2 Å². The minimum absolute atomic E-state index is 0.128. The summed E-state index contributed by atoms with van der Waals surface area (Å²) in [5, 5.41) is 12.5. The smallest absolute Gasteiger partial charge is 0.261 e. The molecule has 3 N–H and O–H groups in total. The third kappa shape index (κ3) is 2.46. The van der Waals surface area contributed by atoms with Crippen molar-refractivity contribution in [3.63, 3.8) is 0 Å². The molecule has 1 aromatic heterocycles. The third-order valence-electron chi connectivity index (χ3n) is 3.45. The molecule has 0 spiro atoms. The fourth-order valence-corrected chi connectivity index (χ4v) is 2.23. The van der Waals surface area contributed by atoms with Gasteiger partial charge in [0.25, 0.3) is 11.5 Å². The first kappa shape index (κ1) is 12.8. The van der Waals surface area contributed by atoms with Crippen LogP contribution in [0.3, 0.4) is 0 Å². The lowest BCUT2D eigenvalue weighted by atomic mass is 9.80. The molecule has 1 aliphatic rings. The highest BCUT2D eigenvalue weighted by Gasteiger charge is 2.34. The van der Waals surface area contributed by atoms with E-state index in [0.29, 0.717) is 18.4 Å². The third-order valence-corrected chi connectivity index (χ3v) is 3.45. The highest BCUT2D eigenvalue weighted by Crippen LogP contribution is 2.30. The molecule has 1 fully saturated rings. The van der Waals surface area contributed by atoms with Crippen molar-refractivity contribution in [1.29, 1.82) is 0 Å². The normalized spacial score (nSPS) is 17.1. The molecule has 1 saturated carbocycles. The molecular formula is C13H18N2O3. The number of aliphatic hydroxyl groups is 1. The van der Waals surface area contributed by atoms with E-state index in [2.05, 4.69) is 10.3 Å². The molecule has 0 aromatic carbocycles. The van der Waals surface area contributed by atoms with Gasteiger partial charge in [0.1, 0.15) is 5.56 Å². The minimum Gasteiger partial charge on any atom is -0.388 e. The fraction of sp³-hybridized carbons (Fsp3) is 0.538. The zero-order valence-corrected chi connectivity index (χ0v) is 10.7. The van der Waals surface area contributed by atoms with Crippen LogP contribution in [0.15, 0.2) is 10.9 Å². The Morgan fingerprint density at radius 2 is 2.17 bits per heavy atom. The first-order chi connectivity index (χ1) is 8.41. The number of nitrogens with one attached hydrogen (secondary N) is 2. The SMILES string of the molecule is Cc1cc(C)c(C(=O)NCC2(O)CCC2)c(=O)[nH]1. The number of pyridine rings is 1. The van der Waals surface area contributed by atoms with Gasteiger partial charge >= 0.3 is 0 Å². The Bertz CT molecular complexity index is 530. The van der Waals surface area contributed by atoms with Gasteiger partial charge in [0.2, 0.25) is 0 Å². The zero-order chi connectivity index (χ0) is 13.3. The van der Waals surface area contributed by atoms with Gasteiger partial charge in [-0.15, -0.1) is 0 Å². The molecule has 1 heterocycles. The van der Waals surface area contributed by atoms with Gasteiger partial charge < -0.3 is 15.4 Å². The predicted molar refractivity (Wildman–Crippen MR) is 67.7 cm³/mol. The Hall–Kier alpha value is -1.62. The molecule has 0 atom stereocenters. The predicted octanol–water partition coefficient (Wildman–Crippen LogP) is 0.637. The molecular weight excluding hydrogens is 232 g/mol. The van der Waals surface area contributed by atoms with E-state index >= 15 is 0 Å². The van der Waals surface area contributed by atoms with Crippen LogP contribution in [0.4, 0.5) is 0 Å². The van der Waals surface area contributed by atoms with Gasteiger partial charge in [-0.1, -0.05) is 0 Å². The number of carbonyl (C=O) groups is 1. The van der Waals surface area contributed by atoms with Crippen LogP contribution in [0.2, 0.25) is 0 Å². The lowest BCUT2D eigenvalue weighted by Crippen LogP contribution is -2.48. The van der Waals surface area contributed by atoms with E-state index < -0.39 is 11.5 Å². The first-order valence-electron chi connectivity index (χ1n) is 6.12. The molecule has 0 saturated heterocycles. The van der Waals surface area contributed by atoms with Gasteiger partial charge in [0.15, 0.2) is 0 Å². The summed E-state index contributed by atoms with van der Waals surface area (Å²) < 4.78 is 0. The molecule has 18 heavy (non-hydrogen) atoms. The Labute approximate surface area is 105 Å². The van der Waals surface area contributed by atoms with Crippen molar-refractivity contribution in [3.8, 4) is 0 Å². The first-order valence-corrected chi connectivity index (χ1v) is 6.12. The van der Waals surface area contributed by atoms with Gasteiger partial charge in [-0.3, -0.25) is 9.59 Å². The molecule has 2 rings (SSSR count).